The maximum absolute atomic E-state index is 14.3. The molecule has 0 saturated carbocycles. The number of nitrogens with two attached hydrogens (primary N) is 2. The van der Waals surface area contributed by atoms with Crippen molar-refractivity contribution in [2.45, 2.75) is 152 Å². The second-order valence-electron chi connectivity index (χ2n) is 28.1. The number of aliphatic carboxylic acids is 1. The quantitative estimate of drug-likeness (QED) is 0.00891. The molecule has 30 heteroatoms. The Morgan fingerprint density at radius 2 is 1.04 bits per heavy atom. The van der Waals surface area contributed by atoms with Crippen LogP contribution in [-0.4, -0.2) is 183 Å². The summed E-state index contributed by atoms with van der Waals surface area (Å²) in [6, 6.07) is 24.5. The molecule has 3 aliphatic heterocycles. The van der Waals surface area contributed by atoms with Gasteiger partial charge in [-0.2, -0.15) is 0 Å². The van der Waals surface area contributed by atoms with Crippen LogP contribution in [0.3, 0.4) is 0 Å². The highest BCUT2D eigenvalue weighted by Crippen LogP contribution is 2.43. The van der Waals surface area contributed by atoms with Crippen LogP contribution in [0, 0.1) is 17.2 Å². The number of nitrogens with zero attached hydrogens (tertiary/aromatic N) is 3. The van der Waals surface area contributed by atoms with E-state index in [1.807, 2.05) is 97.1 Å². The van der Waals surface area contributed by atoms with Gasteiger partial charge in [0.1, 0.15) is 42.3 Å². The van der Waals surface area contributed by atoms with E-state index >= 15 is 0 Å². The van der Waals surface area contributed by atoms with Crippen molar-refractivity contribution in [3.05, 3.63) is 109 Å². The minimum atomic E-state index is -1.57. The molecule has 8 aromatic rings. The molecule has 3 fully saturated rings. The molecular formula is C77H88N14O14S2. The Balaban J connectivity index is 0.649. The zero-order valence-electron chi connectivity index (χ0n) is 60.1. The van der Waals surface area contributed by atoms with Crippen molar-refractivity contribution < 1.29 is 67.4 Å². The Morgan fingerprint density at radius 1 is 0.561 bits per heavy atom. The van der Waals surface area contributed by atoms with Crippen molar-refractivity contribution in [2.24, 2.45) is 23.3 Å². The molecule has 107 heavy (non-hydrogen) atoms. The van der Waals surface area contributed by atoms with Crippen LogP contribution in [0.25, 0.3) is 64.6 Å². The molecule has 562 valence electrons. The third kappa shape index (κ3) is 16.9. The summed E-state index contributed by atoms with van der Waals surface area (Å²) >= 11 is 1.98. The summed E-state index contributed by atoms with van der Waals surface area (Å²) in [5.41, 5.74) is 12.7. The Morgan fingerprint density at radius 3 is 1.56 bits per heavy atom. The zero-order chi connectivity index (χ0) is 76.8. The average Bonchev–Trinajstić information content (AvgIpc) is 1.62. The first-order valence-corrected chi connectivity index (χ1v) is 38.0. The van der Waals surface area contributed by atoms with Crippen LogP contribution in [0.4, 0.5) is 11.4 Å². The lowest BCUT2D eigenvalue weighted by Crippen LogP contribution is -2.60. The van der Waals surface area contributed by atoms with Crippen LogP contribution in [-0.2, 0) is 62.3 Å². The molecule has 3 saturated heterocycles. The Hall–Kier alpha value is -10.7. The van der Waals surface area contributed by atoms with Crippen molar-refractivity contribution in [3.63, 3.8) is 0 Å². The van der Waals surface area contributed by atoms with Crippen LogP contribution in [0.15, 0.2) is 109 Å². The topological polar surface area (TPSA) is 424 Å². The van der Waals surface area contributed by atoms with Gasteiger partial charge in [0.25, 0.3) is 0 Å². The third-order valence-electron chi connectivity index (χ3n) is 20.1. The molecule has 2 unspecified atom stereocenters. The normalized spacial score (nSPS) is 18.4. The molecular weight excluding hydrogens is 1410 g/mol. The molecule has 0 bridgehead atoms. The van der Waals surface area contributed by atoms with E-state index in [4.69, 9.17) is 16.9 Å². The maximum atomic E-state index is 14.3. The average molecular weight is 1500 g/mol. The van der Waals surface area contributed by atoms with E-state index in [2.05, 4.69) is 42.5 Å². The molecule has 3 heterocycles. The van der Waals surface area contributed by atoms with Gasteiger partial charge in [-0.15, -0.1) is 23.5 Å². The summed E-state index contributed by atoms with van der Waals surface area (Å²) in [6.07, 6.45) is 0.790. The van der Waals surface area contributed by atoms with Crippen LogP contribution in [0.5, 0.6) is 0 Å². The lowest BCUT2D eigenvalue weighted by molar-refractivity contribution is -0.142. The summed E-state index contributed by atoms with van der Waals surface area (Å²) in [4.78, 5) is 183. The highest BCUT2D eigenvalue weighted by molar-refractivity contribution is 8.01. The highest BCUT2D eigenvalue weighted by Gasteiger charge is 2.44. The van der Waals surface area contributed by atoms with Gasteiger partial charge in [0.05, 0.1) is 34.5 Å². The summed E-state index contributed by atoms with van der Waals surface area (Å²) < 4.78 is 0. The minimum Gasteiger partial charge on any atom is -0.480 e. The number of amides is 12. The van der Waals surface area contributed by atoms with E-state index in [1.165, 1.54) is 23.6 Å². The van der Waals surface area contributed by atoms with Crippen LogP contribution >= 0.6 is 23.5 Å². The van der Waals surface area contributed by atoms with Gasteiger partial charge in [-0.05, 0) is 124 Å². The van der Waals surface area contributed by atoms with Crippen LogP contribution < -0.4 is 63.8 Å². The van der Waals surface area contributed by atoms with E-state index in [0.717, 1.165) is 87.7 Å². The largest absolute Gasteiger partial charge is 0.480 e. The van der Waals surface area contributed by atoms with E-state index in [-0.39, 0.29) is 80.9 Å². The lowest BCUT2D eigenvalue weighted by atomic mass is 9.93. The van der Waals surface area contributed by atoms with Gasteiger partial charge < -0.3 is 64.0 Å². The van der Waals surface area contributed by atoms with Crippen molar-refractivity contribution in [3.8, 4) is 0 Å². The van der Waals surface area contributed by atoms with E-state index in [1.54, 1.807) is 39.8 Å². The van der Waals surface area contributed by atoms with Crippen LogP contribution in [0.2, 0.25) is 0 Å². The molecule has 8 aromatic carbocycles. The number of imide groups is 2. The van der Waals surface area contributed by atoms with Crippen molar-refractivity contribution >= 4 is 182 Å². The Bertz CT molecular complexity index is 4810. The second-order valence-corrected chi connectivity index (χ2v) is 30.6. The Kier molecular flexibility index (Phi) is 24.1. The van der Waals surface area contributed by atoms with Crippen molar-refractivity contribution in [1.29, 1.82) is 5.41 Å². The predicted octanol–water partition coefficient (Wildman–Crippen LogP) is 4.73. The zero-order valence-corrected chi connectivity index (χ0v) is 61.7. The molecule has 3 aliphatic rings. The van der Waals surface area contributed by atoms with Gasteiger partial charge in [-0.25, -0.2) is 14.6 Å². The van der Waals surface area contributed by atoms with Gasteiger partial charge >= 0.3 is 5.97 Å². The first-order valence-electron chi connectivity index (χ1n) is 35.9. The molecule has 14 N–H and O–H groups in total. The predicted molar refractivity (Wildman–Crippen MR) is 411 cm³/mol. The fraction of sp³-hybridized carbons (Fsp3) is 0.403. The SMILES string of the molecule is CC[C@H](C)[C@H](NC(=O)[C@H](C)NC(=O)[C@H](CC(C)C)NC(=O)[C@H](CCCNC(=N)N)NC(=O)[C@H](C)NC(=O)[C@@H]1CCCN1C(=O)CNC(=O)[C@@H](N)CSC1CC(=O)N(c2ccc3ccc4cccc5ccc2c3c45)C1=O)C(=O)N[C@@H](CSC1CC(=O)N(c2ccc3ccc4cccc5ccc2c3c45)C1=O)C(=O)O. The molecule has 28 nitrogen and oxygen atoms in total. The monoisotopic (exact) mass is 1500 g/mol. The van der Waals surface area contributed by atoms with Gasteiger partial charge in [-0.3, -0.25) is 62.9 Å². The molecule has 0 aliphatic carbocycles. The van der Waals surface area contributed by atoms with E-state index in [9.17, 15) is 67.4 Å². The Labute approximate surface area is 624 Å². The van der Waals surface area contributed by atoms with Gasteiger partial charge in [0.15, 0.2) is 5.96 Å². The molecule has 0 spiro atoms. The smallest absolute Gasteiger partial charge is 0.327 e. The highest BCUT2D eigenvalue weighted by atomic mass is 32.2. The first-order chi connectivity index (χ1) is 51.1. The first kappa shape index (κ1) is 77.4. The number of hydrogen-bond donors (Lipinski definition) is 12. The van der Waals surface area contributed by atoms with Crippen LogP contribution in [0.1, 0.15) is 92.9 Å². The van der Waals surface area contributed by atoms with Gasteiger partial charge in [-0.1, -0.05) is 131 Å². The van der Waals surface area contributed by atoms with Crippen molar-refractivity contribution in [1.82, 2.24) is 47.4 Å². The minimum absolute atomic E-state index is 0.0403. The van der Waals surface area contributed by atoms with E-state index < -0.39 is 142 Å². The number of likely N-dealkylation sites (tertiary alicyclic amines) is 1. The number of thioether (sulfide) groups is 2. The summed E-state index contributed by atoms with van der Waals surface area (Å²) in [6.45, 7) is 9.43. The molecule has 0 radical (unpaired) electrons. The molecule has 11 rings (SSSR count). The number of anilines is 2. The number of benzene rings is 8. The summed E-state index contributed by atoms with van der Waals surface area (Å²) in [5, 5.41) is 48.4. The summed E-state index contributed by atoms with van der Waals surface area (Å²) in [7, 11) is 0. The fourth-order valence-electron chi connectivity index (χ4n) is 14.3. The number of rotatable bonds is 32. The fourth-order valence-corrected chi connectivity index (χ4v) is 16.5. The number of carboxylic acids is 1. The van der Waals surface area contributed by atoms with Gasteiger partial charge in [0, 0.05) is 48.2 Å². The molecule has 0 aromatic heterocycles. The number of nitrogens with one attached hydrogen (secondary N) is 9. The standard InChI is InChI=1S/C77H88N14O14S2/c1-7-39(4)66(73(101)87-53(76(104)105)37-107-58-34-60(93)91(75(58)103)55-29-25-47-21-19-43-13-9-15-45-23-27-49(55)65(47)63(43)45)88-68(96)41(6)83-71(99)52(32-38(2)3)86-70(98)51(16-10-30-81-77(79)80)85-67(95)40(5)84-72(100)56-17-11-31-89(56)61(94)35-82-69(97)50(78)36-106-57-33-59(92)90(74(57)102)54-28-24-46-20-18-42-12-8-14-44-22-26-48(54)64(46)62(42)44/h8-9,12-15,18-29,38-41,50-53,56-58,66H,7,10-11,16-17,30-37,78H2,1-6H3,(H,82,97)(H,83,99)(H,84,100)(H,85,95)(H,86,98)(H,87,101)(H,88,96)(H,104,105)(H4,79,80,81)/t39-,40-,41-,50-,51-,52-,53-,56-,57?,58?,66-/m0/s1. The third-order valence-corrected chi connectivity index (χ3v) is 22.8. The number of hydrogen-bond acceptors (Lipinski definition) is 17. The van der Waals surface area contributed by atoms with E-state index in [0.29, 0.717) is 29.6 Å². The van der Waals surface area contributed by atoms with Crippen molar-refractivity contribution in [2.75, 3.05) is 40.9 Å². The number of carbonyl (C=O) groups is 13. The number of guanidine groups is 1. The molecule has 12 amide bonds. The number of carboxylic acid groups (broad SMARTS) is 1. The molecule has 11 atom stereocenters. The number of carbonyl (C=O) groups excluding carboxylic acids is 12. The second kappa shape index (κ2) is 33.4. The maximum Gasteiger partial charge on any atom is 0.327 e. The van der Waals surface area contributed by atoms with Gasteiger partial charge in [0.2, 0.25) is 70.9 Å². The summed E-state index contributed by atoms with van der Waals surface area (Å²) in [5.74, 6) is -10.9. The lowest BCUT2D eigenvalue weighted by Gasteiger charge is -2.28.